The number of hydrogen-bond donors (Lipinski definition) is 0. The van der Waals surface area contributed by atoms with Gasteiger partial charge in [0.15, 0.2) is 11.0 Å². The maximum absolute atomic E-state index is 13.4. The molecule has 10 heteroatoms. The van der Waals surface area contributed by atoms with Gasteiger partial charge in [-0.05, 0) is 62.2 Å². The lowest BCUT2D eigenvalue weighted by molar-refractivity contribution is -0.137. The molecule has 0 saturated heterocycles. The molecule has 0 unspecified atom stereocenters. The lowest BCUT2D eigenvalue weighted by atomic mass is 10.1. The fourth-order valence-corrected chi connectivity index (χ4v) is 4.42. The number of aromatic nitrogens is 3. The Kier molecular flexibility index (Phi) is 6.64. The van der Waals surface area contributed by atoms with Crippen LogP contribution in [0.4, 0.5) is 13.2 Å². The lowest BCUT2D eigenvalue weighted by Gasteiger charge is -2.20. The van der Waals surface area contributed by atoms with Crippen LogP contribution in [-0.2, 0) is 11.0 Å². The van der Waals surface area contributed by atoms with E-state index in [1.165, 1.54) is 17.8 Å². The van der Waals surface area contributed by atoms with E-state index in [1.807, 2.05) is 11.8 Å². The van der Waals surface area contributed by atoms with E-state index < -0.39 is 11.7 Å². The third-order valence-corrected chi connectivity index (χ3v) is 6.30. The van der Waals surface area contributed by atoms with E-state index in [0.717, 1.165) is 25.0 Å². The molecule has 1 heterocycles. The highest BCUT2D eigenvalue weighted by Crippen LogP contribution is 2.34. The summed E-state index contributed by atoms with van der Waals surface area (Å²) < 4.78 is 46.9. The number of ether oxygens (including phenoxy) is 1. The summed E-state index contributed by atoms with van der Waals surface area (Å²) >= 11 is 1.17. The normalized spacial score (nSPS) is 13.7. The molecule has 6 nitrogen and oxygen atoms in total. The Labute approximate surface area is 193 Å². The smallest absolute Gasteiger partial charge is 0.416 e. The summed E-state index contributed by atoms with van der Waals surface area (Å²) in [5.41, 5.74) is 0.157. The second-order valence-corrected chi connectivity index (χ2v) is 8.56. The highest BCUT2D eigenvalue weighted by atomic mass is 32.2. The molecule has 1 saturated carbocycles. The number of methoxy groups -OCH3 is 1. The van der Waals surface area contributed by atoms with Gasteiger partial charge in [-0.2, -0.15) is 13.2 Å². The highest BCUT2D eigenvalue weighted by molar-refractivity contribution is 7.99. The molecule has 1 amide bonds. The van der Waals surface area contributed by atoms with Crippen molar-refractivity contribution in [3.05, 3.63) is 54.1 Å². The van der Waals surface area contributed by atoms with Gasteiger partial charge in [0.05, 0.1) is 24.1 Å². The molecule has 1 aliphatic carbocycles. The van der Waals surface area contributed by atoms with Crippen LogP contribution in [0.1, 0.15) is 25.3 Å². The van der Waals surface area contributed by atoms with Gasteiger partial charge >= 0.3 is 6.18 Å². The average Bonchev–Trinajstić information content (AvgIpc) is 3.55. The van der Waals surface area contributed by atoms with Crippen molar-refractivity contribution in [2.45, 2.75) is 37.1 Å². The first-order valence-electron chi connectivity index (χ1n) is 10.5. The molecule has 1 fully saturated rings. The molecule has 2 aromatic carbocycles. The fourth-order valence-electron chi connectivity index (χ4n) is 3.58. The van der Waals surface area contributed by atoms with Crippen molar-refractivity contribution in [1.82, 2.24) is 19.7 Å². The minimum Gasteiger partial charge on any atom is -0.497 e. The number of halogens is 3. The average molecular weight is 477 g/mol. The summed E-state index contributed by atoms with van der Waals surface area (Å²) in [4.78, 5) is 14.5. The summed E-state index contributed by atoms with van der Waals surface area (Å²) in [6, 6.07) is 12.3. The predicted molar refractivity (Wildman–Crippen MR) is 119 cm³/mol. The standard InChI is InChI=1S/C23H23F3N4O2S/c1-3-29(17-9-10-17)20(31)14-33-22-28-27-21(15-7-11-19(32-2)12-8-15)30(22)18-6-4-5-16(13-18)23(24,25)26/h4-8,11-13,17H,3,9-10,14H2,1-2H3. The number of rotatable bonds is 8. The Morgan fingerprint density at radius 1 is 1.18 bits per heavy atom. The third-order valence-electron chi connectivity index (χ3n) is 5.39. The van der Waals surface area contributed by atoms with Crippen LogP contribution in [0.25, 0.3) is 17.1 Å². The molecule has 0 bridgehead atoms. The van der Waals surface area contributed by atoms with Crippen molar-refractivity contribution in [2.24, 2.45) is 0 Å². The van der Waals surface area contributed by atoms with E-state index in [-0.39, 0.29) is 17.3 Å². The van der Waals surface area contributed by atoms with Crippen LogP contribution in [0, 0.1) is 0 Å². The summed E-state index contributed by atoms with van der Waals surface area (Å²) in [7, 11) is 1.55. The van der Waals surface area contributed by atoms with Gasteiger partial charge in [-0.3, -0.25) is 9.36 Å². The van der Waals surface area contributed by atoms with Crippen molar-refractivity contribution < 1.29 is 22.7 Å². The summed E-state index contributed by atoms with van der Waals surface area (Å²) in [5.74, 6) is 1.13. The van der Waals surface area contributed by atoms with Crippen LogP contribution in [0.15, 0.2) is 53.7 Å². The number of hydrogen-bond acceptors (Lipinski definition) is 5. The molecule has 1 aliphatic rings. The summed E-state index contributed by atoms with van der Waals surface area (Å²) in [6.07, 6.45) is -2.47. The van der Waals surface area contributed by atoms with Crippen molar-refractivity contribution in [2.75, 3.05) is 19.4 Å². The van der Waals surface area contributed by atoms with E-state index in [2.05, 4.69) is 10.2 Å². The lowest BCUT2D eigenvalue weighted by Crippen LogP contribution is -2.34. The molecule has 33 heavy (non-hydrogen) atoms. The van der Waals surface area contributed by atoms with Crippen LogP contribution in [-0.4, -0.2) is 51.0 Å². The number of carbonyl (C=O) groups is 1. The quantitative estimate of drug-likeness (QED) is 0.425. The Morgan fingerprint density at radius 3 is 2.52 bits per heavy atom. The summed E-state index contributed by atoms with van der Waals surface area (Å²) in [6.45, 7) is 2.56. The molecule has 3 aromatic rings. The molecule has 0 radical (unpaired) electrons. The number of benzene rings is 2. The number of carbonyl (C=O) groups excluding carboxylic acids is 1. The van der Waals surface area contributed by atoms with Crippen molar-refractivity contribution in [3.8, 4) is 22.8 Å². The number of alkyl halides is 3. The molecule has 4 rings (SSSR count). The van der Waals surface area contributed by atoms with E-state index in [1.54, 1.807) is 42.0 Å². The molecule has 0 spiro atoms. The summed E-state index contributed by atoms with van der Waals surface area (Å²) in [5, 5.41) is 8.81. The first-order valence-corrected chi connectivity index (χ1v) is 11.5. The number of thioether (sulfide) groups is 1. The first-order chi connectivity index (χ1) is 15.8. The van der Waals surface area contributed by atoms with Gasteiger partial charge in [0.2, 0.25) is 5.91 Å². The van der Waals surface area contributed by atoms with Crippen molar-refractivity contribution in [1.29, 1.82) is 0 Å². The van der Waals surface area contributed by atoms with Gasteiger partial charge in [0.25, 0.3) is 0 Å². The van der Waals surface area contributed by atoms with Crippen LogP contribution < -0.4 is 4.74 Å². The Bertz CT molecular complexity index is 1130. The predicted octanol–water partition coefficient (Wildman–Crippen LogP) is 5.06. The van der Waals surface area contributed by atoms with Gasteiger partial charge in [-0.15, -0.1) is 10.2 Å². The zero-order valence-corrected chi connectivity index (χ0v) is 19.0. The van der Waals surface area contributed by atoms with Crippen LogP contribution >= 0.6 is 11.8 Å². The highest BCUT2D eigenvalue weighted by Gasteiger charge is 2.32. The molecular weight excluding hydrogens is 453 g/mol. The van der Waals surface area contributed by atoms with Gasteiger partial charge < -0.3 is 9.64 Å². The van der Waals surface area contributed by atoms with Crippen LogP contribution in [0.5, 0.6) is 5.75 Å². The maximum atomic E-state index is 13.4. The van der Waals surface area contributed by atoms with Gasteiger partial charge in [0.1, 0.15) is 5.75 Å². The van der Waals surface area contributed by atoms with Crippen molar-refractivity contribution in [3.63, 3.8) is 0 Å². The molecule has 0 atom stereocenters. The number of nitrogens with zero attached hydrogens (tertiary/aromatic N) is 4. The molecular formula is C23H23F3N4O2S. The van der Waals surface area contributed by atoms with E-state index in [9.17, 15) is 18.0 Å². The van der Waals surface area contributed by atoms with Gasteiger partial charge in [-0.25, -0.2) is 0 Å². The topological polar surface area (TPSA) is 60.3 Å². The fraction of sp³-hybridized carbons (Fsp3) is 0.348. The second kappa shape index (κ2) is 9.46. The van der Waals surface area contributed by atoms with E-state index >= 15 is 0 Å². The minimum absolute atomic E-state index is 0.0189. The molecule has 0 N–H and O–H groups in total. The zero-order chi connectivity index (χ0) is 23.6. The molecule has 174 valence electrons. The van der Waals surface area contributed by atoms with Crippen LogP contribution in [0.3, 0.4) is 0 Å². The second-order valence-electron chi connectivity index (χ2n) is 7.62. The zero-order valence-electron chi connectivity index (χ0n) is 18.2. The largest absolute Gasteiger partial charge is 0.497 e. The number of amides is 1. The van der Waals surface area contributed by atoms with E-state index in [0.29, 0.717) is 34.9 Å². The van der Waals surface area contributed by atoms with Crippen molar-refractivity contribution >= 4 is 17.7 Å². The minimum atomic E-state index is -4.49. The Morgan fingerprint density at radius 2 is 1.91 bits per heavy atom. The Hall–Kier alpha value is -3.01. The molecule has 1 aromatic heterocycles. The third kappa shape index (κ3) is 5.16. The van der Waals surface area contributed by atoms with Gasteiger partial charge in [-0.1, -0.05) is 17.8 Å². The van der Waals surface area contributed by atoms with Crippen LogP contribution in [0.2, 0.25) is 0 Å². The monoisotopic (exact) mass is 476 g/mol. The molecule has 0 aliphatic heterocycles. The van der Waals surface area contributed by atoms with E-state index in [4.69, 9.17) is 4.74 Å². The van der Waals surface area contributed by atoms with Gasteiger partial charge in [0, 0.05) is 18.2 Å². The Balaban J connectivity index is 1.71. The first kappa shape index (κ1) is 23.2. The SMILES string of the molecule is CCN(C(=O)CSc1nnc(-c2ccc(OC)cc2)n1-c1cccc(C(F)(F)F)c1)C1CC1. The maximum Gasteiger partial charge on any atom is 0.416 e.